The Balaban J connectivity index is 0.00000261. The Hall–Kier alpha value is -1.51. The summed E-state index contributed by atoms with van der Waals surface area (Å²) >= 11 is 0. The van der Waals surface area contributed by atoms with Crippen LogP contribution in [0.15, 0.2) is 29.3 Å². The average molecular weight is 485 g/mol. The molecule has 0 saturated carbocycles. The number of halogens is 1. The molecule has 0 radical (unpaired) electrons. The second-order valence-corrected chi connectivity index (χ2v) is 7.09. The molecule has 7 heteroatoms. The second kappa shape index (κ2) is 10.7. The molecule has 1 aromatic carbocycles. The first-order chi connectivity index (χ1) is 12.7. The van der Waals surface area contributed by atoms with Gasteiger partial charge in [-0.15, -0.1) is 24.0 Å². The Labute approximate surface area is 179 Å². The van der Waals surface area contributed by atoms with Crippen LogP contribution >= 0.6 is 24.0 Å². The van der Waals surface area contributed by atoms with Gasteiger partial charge in [-0.2, -0.15) is 0 Å². The molecule has 6 nitrogen and oxygen atoms in total. The van der Waals surface area contributed by atoms with Gasteiger partial charge in [0.05, 0.1) is 0 Å². The number of para-hydroxylation sites is 1. The number of hydrogen-bond acceptors (Lipinski definition) is 3. The molecule has 2 aliphatic heterocycles. The fraction of sp³-hybridized carbons (Fsp3) is 0.600. The number of rotatable bonds is 6. The zero-order valence-electron chi connectivity index (χ0n) is 16.4. The maximum absolute atomic E-state index is 12.2. The number of hydrogen-bond donors (Lipinski definition) is 2. The van der Waals surface area contributed by atoms with E-state index in [1.165, 1.54) is 11.3 Å². The average Bonchev–Trinajstić information content (AvgIpc) is 3.33. The molecule has 1 amide bonds. The topological polar surface area (TPSA) is 60.0 Å². The van der Waals surface area contributed by atoms with E-state index >= 15 is 0 Å². The molecule has 0 spiro atoms. The Morgan fingerprint density at radius 3 is 2.67 bits per heavy atom. The minimum absolute atomic E-state index is 0. The van der Waals surface area contributed by atoms with Crippen molar-refractivity contribution in [1.29, 1.82) is 0 Å². The van der Waals surface area contributed by atoms with Gasteiger partial charge >= 0.3 is 0 Å². The number of amides is 1. The molecule has 150 valence electrons. The molecular weight excluding hydrogens is 453 g/mol. The van der Waals surface area contributed by atoms with Crippen LogP contribution in [0.3, 0.4) is 0 Å². The van der Waals surface area contributed by atoms with Gasteiger partial charge in [-0.25, -0.2) is 4.99 Å². The van der Waals surface area contributed by atoms with Crippen molar-refractivity contribution in [1.82, 2.24) is 15.5 Å². The normalized spacial score (nSPS) is 17.3. The first kappa shape index (κ1) is 21.8. The molecule has 2 aliphatic rings. The first-order valence-corrected chi connectivity index (χ1v) is 9.83. The molecule has 0 bridgehead atoms. The highest BCUT2D eigenvalue weighted by Gasteiger charge is 2.23. The van der Waals surface area contributed by atoms with Crippen LogP contribution in [-0.4, -0.2) is 62.1 Å². The van der Waals surface area contributed by atoms with Crippen molar-refractivity contribution in [2.45, 2.75) is 39.2 Å². The summed E-state index contributed by atoms with van der Waals surface area (Å²) in [5, 5.41) is 6.64. The fourth-order valence-electron chi connectivity index (χ4n) is 3.73. The van der Waals surface area contributed by atoms with Crippen LogP contribution in [0.5, 0.6) is 0 Å². The molecule has 1 atom stereocenters. The third-order valence-corrected chi connectivity index (χ3v) is 5.20. The Morgan fingerprint density at radius 2 is 1.93 bits per heavy atom. The van der Waals surface area contributed by atoms with Crippen LogP contribution in [0, 0.1) is 0 Å². The predicted octanol–water partition coefficient (Wildman–Crippen LogP) is 2.23. The predicted molar refractivity (Wildman–Crippen MR) is 122 cm³/mol. The molecule has 2 N–H and O–H groups in total. The molecule has 1 unspecified atom stereocenters. The van der Waals surface area contributed by atoms with Crippen molar-refractivity contribution in [3.05, 3.63) is 29.8 Å². The zero-order valence-corrected chi connectivity index (χ0v) is 18.7. The standard InChI is InChI=1S/C20H31N5O.HI/c1-3-21-20(23-15-19(26)24-11-6-7-12-24)22-14-16(2)25-13-10-17-8-4-5-9-18(17)25;/h4-5,8-9,16H,3,6-7,10-15H2,1-2H3,(H2,21,22,23);1H. The number of fused-ring (bicyclic) bond motifs is 1. The summed E-state index contributed by atoms with van der Waals surface area (Å²) < 4.78 is 0. The van der Waals surface area contributed by atoms with E-state index in [9.17, 15) is 4.79 Å². The number of carbonyl (C=O) groups is 1. The zero-order chi connectivity index (χ0) is 18.4. The molecular formula is C20H32IN5O. The SMILES string of the molecule is CCNC(=NCC(=O)N1CCCC1)NCC(C)N1CCc2ccccc21.I. The summed E-state index contributed by atoms with van der Waals surface area (Å²) in [6.07, 6.45) is 3.34. The van der Waals surface area contributed by atoms with E-state index < -0.39 is 0 Å². The summed E-state index contributed by atoms with van der Waals surface area (Å²) in [7, 11) is 0. The molecule has 1 aromatic rings. The van der Waals surface area contributed by atoms with Gasteiger partial charge in [-0.05, 0) is 44.7 Å². The van der Waals surface area contributed by atoms with E-state index in [0.717, 1.165) is 57.9 Å². The van der Waals surface area contributed by atoms with Gasteiger partial charge in [0, 0.05) is 44.5 Å². The highest BCUT2D eigenvalue weighted by molar-refractivity contribution is 14.0. The fourth-order valence-corrected chi connectivity index (χ4v) is 3.73. The van der Waals surface area contributed by atoms with Crippen molar-refractivity contribution >= 4 is 41.5 Å². The van der Waals surface area contributed by atoms with Gasteiger partial charge in [0.1, 0.15) is 6.54 Å². The smallest absolute Gasteiger partial charge is 0.244 e. The number of likely N-dealkylation sites (tertiary alicyclic amines) is 1. The third-order valence-electron chi connectivity index (χ3n) is 5.20. The first-order valence-electron chi connectivity index (χ1n) is 9.83. The molecule has 3 rings (SSSR count). The van der Waals surface area contributed by atoms with E-state index in [1.54, 1.807) is 0 Å². The van der Waals surface area contributed by atoms with Gasteiger partial charge in [-0.1, -0.05) is 18.2 Å². The number of anilines is 1. The summed E-state index contributed by atoms with van der Waals surface area (Å²) in [5.41, 5.74) is 2.77. The molecule has 0 aliphatic carbocycles. The van der Waals surface area contributed by atoms with E-state index in [-0.39, 0.29) is 36.4 Å². The molecule has 27 heavy (non-hydrogen) atoms. The number of guanidine groups is 1. The quantitative estimate of drug-likeness (QED) is 0.369. The third kappa shape index (κ3) is 5.73. The van der Waals surface area contributed by atoms with Crippen LogP contribution in [0.25, 0.3) is 0 Å². The van der Waals surface area contributed by atoms with Crippen molar-refractivity contribution < 1.29 is 4.79 Å². The minimum atomic E-state index is 0. The van der Waals surface area contributed by atoms with Gasteiger partial charge < -0.3 is 20.4 Å². The van der Waals surface area contributed by atoms with Crippen molar-refractivity contribution in [3.63, 3.8) is 0 Å². The van der Waals surface area contributed by atoms with Crippen LogP contribution in [-0.2, 0) is 11.2 Å². The van der Waals surface area contributed by atoms with Crippen LogP contribution in [0.4, 0.5) is 5.69 Å². The van der Waals surface area contributed by atoms with Gasteiger partial charge in [-0.3, -0.25) is 4.79 Å². The van der Waals surface area contributed by atoms with Crippen LogP contribution < -0.4 is 15.5 Å². The van der Waals surface area contributed by atoms with Crippen molar-refractivity contribution in [2.75, 3.05) is 44.2 Å². The minimum Gasteiger partial charge on any atom is -0.366 e. The lowest BCUT2D eigenvalue weighted by atomic mass is 10.2. The largest absolute Gasteiger partial charge is 0.366 e. The molecule has 1 fully saturated rings. The number of aliphatic imine (C=N–C) groups is 1. The number of carbonyl (C=O) groups excluding carboxylic acids is 1. The molecule has 1 saturated heterocycles. The summed E-state index contributed by atoms with van der Waals surface area (Å²) in [4.78, 5) is 21.0. The summed E-state index contributed by atoms with van der Waals surface area (Å²) in [5.74, 6) is 0.848. The Bertz CT molecular complexity index is 645. The lowest BCUT2D eigenvalue weighted by Gasteiger charge is -2.28. The summed E-state index contributed by atoms with van der Waals surface area (Å²) in [6.45, 7) is 8.88. The maximum atomic E-state index is 12.2. The van der Waals surface area contributed by atoms with E-state index in [1.807, 2.05) is 11.8 Å². The molecule has 0 aromatic heterocycles. The molecule has 2 heterocycles. The van der Waals surface area contributed by atoms with E-state index in [4.69, 9.17) is 0 Å². The highest BCUT2D eigenvalue weighted by atomic mass is 127. The van der Waals surface area contributed by atoms with Gasteiger partial charge in [0.15, 0.2) is 5.96 Å². The summed E-state index contributed by atoms with van der Waals surface area (Å²) in [6, 6.07) is 8.99. The van der Waals surface area contributed by atoms with Crippen LogP contribution in [0.2, 0.25) is 0 Å². The Kier molecular flexibility index (Phi) is 8.66. The number of benzene rings is 1. The van der Waals surface area contributed by atoms with E-state index in [2.05, 4.69) is 51.7 Å². The van der Waals surface area contributed by atoms with E-state index in [0.29, 0.717) is 6.04 Å². The van der Waals surface area contributed by atoms with Gasteiger partial charge in [0.25, 0.3) is 0 Å². The number of nitrogens with one attached hydrogen (secondary N) is 2. The highest BCUT2D eigenvalue weighted by Crippen LogP contribution is 2.28. The second-order valence-electron chi connectivity index (χ2n) is 7.09. The lowest BCUT2D eigenvalue weighted by molar-refractivity contribution is -0.128. The van der Waals surface area contributed by atoms with Crippen LogP contribution in [0.1, 0.15) is 32.3 Å². The Morgan fingerprint density at radius 1 is 1.19 bits per heavy atom. The maximum Gasteiger partial charge on any atom is 0.244 e. The monoisotopic (exact) mass is 485 g/mol. The van der Waals surface area contributed by atoms with Crippen molar-refractivity contribution in [2.24, 2.45) is 4.99 Å². The van der Waals surface area contributed by atoms with Crippen molar-refractivity contribution in [3.8, 4) is 0 Å². The van der Waals surface area contributed by atoms with Gasteiger partial charge in [0.2, 0.25) is 5.91 Å². The number of nitrogens with zero attached hydrogens (tertiary/aromatic N) is 3. The lowest BCUT2D eigenvalue weighted by Crippen LogP contribution is -2.46.